The second-order valence-electron chi connectivity index (χ2n) is 4.22. The molecule has 0 radical (unpaired) electrons. The molecule has 0 saturated heterocycles. The normalized spacial score (nSPS) is 19.3. The zero-order valence-electron chi connectivity index (χ0n) is 8.71. The van der Waals surface area contributed by atoms with Crippen LogP contribution in [0.25, 0.3) is 0 Å². The Bertz CT molecular complexity index is 304. The van der Waals surface area contributed by atoms with Crippen molar-refractivity contribution >= 4 is 12.4 Å². The Morgan fingerprint density at radius 2 is 1.53 bits per heavy atom. The molecule has 1 aromatic rings. The van der Waals surface area contributed by atoms with Gasteiger partial charge in [-0.05, 0) is 30.5 Å². The molecule has 1 aromatic carbocycles. The highest BCUT2D eigenvalue weighted by Gasteiger charge is 2.28. The van der Waals surface area contributed by atoms with Gasteiger partial charge in [0.05, 0.1) is 0 Å². The molecule has 0 spiro atoms. The monoisotopic (exact) mass is 229 g/mol. The van der Waals surface area contributed by atoms with Crippen molar-refractivity contribution in [1.29, 1.82) is 0 Å². The molecule has 0 unspecified atom stereocenters. The summed E-state index contributed by atoms with van der Waals surface area (Å²) in [5.41, 5.74) is 7.19. The van der Waals surface area contributed by atoms with Crippen molar-refractivity contribution in [1.82, 2.24) is 0 Å². The van der Waals surface area contributed by atoms with E-state index in [1.165, 1.54) is 31.4 Å². The summed E-state index contributed by atoms with van der Waals surface area (Å²) in [5.74, 6) is -0.187. The Balaban J connectivity index is 0.00000112. The van der Waals surface area contributed by atoms with Gasteiger partial charge < -0.3 is 5.73 Å². The Hall–Kier alpha value is -0.600. The first kappa shape index (κ1) is 12.5. The van der Waals surface area contributed by atoms with Crippen molar-refractivity contribution < 1.29 is 4.39 Å². The summed E-state index contributed by atoms with van der Waals surface area (Å²) >= 11 is 0. The van der Waals surface area contributed by atoms with Gasteiger partial charge in [-0.1, -0.05) is 31.4 Å². The van der Waals surface area contributed by atoms with Crippen LogP contribution in [0.3, 0.4) is 0 Å². The molecular weight excluding hydrogens is 213 g/mol. The molecule has 1 aliphatic carbocycles. The highest BCUT2D eigenvalue weighted by atomic mass is 35.5. The van der Waals surface area contributed by atoms with Crippen molar-refractivity contribution in [3.63, 3.8) is 0 Å². The minimum Gasteiger partial charge on any atom is -0.321 e. The van der Waals surface area contributed by atoms with Crippen LogP contribution in [-0.4, -0.2) is 0 Å². The van der Waals surface area contributed by atoms with Gasteiger partial charge in [-0.15, -0.1) is 12.4 Å². The molecule has 1 nitrogen and oxygen atoms in total. The maximum atomic E-state index is 12.7. The quantitative estimate of drug-likeness (QED) is 0.785. The van der Waals surface area contributed by atoms with Crippen molar-refractivity contribution in [3.8, 4) is 0 Å². The molecule has 0 heterocycles. The zero-order chi connectivity index (χ0) is 10.0. The van der Waals surface area contributed by atoms with Crippen molar-refractivity contribution in [2.24, 2.45) is 5.73 Å². The van der Waals surface area contributed by atoms with E-state index in [4.69, 9.17) is 5.73 Å². The van der Waals surface area contributed by atoms with Crippen LogP contribution in [0.2, 0.25) is 0 Å². The van der Waals surface area contributed by atoms with Crippen LogP contribution in [-0.2, 0) is 5.54 Å². The van der Waals surface area contributed by atoms with E-state index in [0.29, 0.717) is 0 Å². The second kappa shape index (κ2) is 4.95. The summed E-state index contributed by atoms with van der Waals surface area (Å²) < 4.78 is 12.7. The number of nitrogens with two attached hydrogens (primary N) is 1. The molecule has 0 aliphatic heterocycles. The summed E-state index contributed by atoms with van der Waals surface area (Å²) in [4.78, 5) is 0. The highest BCUT2D eigenvalue weighted by Crippen LogP contribution is 2.34. The van der Waals surface area contributed by atoms with Gasteiger partial charge in [-0.25, -0.2) is 4.39 Å². The molecule has 1 fully saturated rings. The summed E-state index contributed by atoms with van der Waals surface area (Å²) in [6.07, 6.45) is 5.71. The average Bonchev–Trinajstić information content (AvgIpc) is 2.19. The van der Waals surface area contributed by atoms with Crippen LogP contribution in [0.1, 0.15) is 37.7 Å². The van der Waals surface area contributed by atoms with E-state index in [0.717, 1.165) is 18.4 Å². The Morgan fingerprint density at radius 3 is 2.07 bits per heavy atom. The fourth-order valence-electron chi connectivity index (χ4n) is 2.25. The first-order chi connectivity index (χ1) is 6.71. The molecule has 2 rings (SSSR count). The molecule has 3 heteroatoms. The third-order valence-corrected chi connectivity index (χ3v) is 3.16. The first-order valence-corrected chi connectivity index (χ1v) is 5.26. The van der Waals surface area contributed by atoms with Crippen LogP contribution in [0.15, 0.2) is 24.3 Å². The summed E-state index contributed by atoms with van der Waals surface area (Å²) in [6.45, 7) is 0. The van der Waals surface area contributed by atoms with Crippen LogP contribution in [0, 0.1) is 5.82 Å². The lowest BCUT2D eigenvalue weighted by atomic mass is 9.77. The molecule has 15 heavy (non-hydrogen) atoms. The third kappa shape index (κ3) is 2.70. The van der Waals surface area contributed by atoms with Crippen molar-refractivity contribution in [2.45, 2.75) is 37.6 Å². The van der Waals surface area contributed by atoms with Gasteiger partial charge in [0, 0.05) is 5.54 Å². The number of hydrogen-bond donors (Lipinski definition) is 1. The molecule has 1 aliphatic rings. The fourth-order valence-corrected chi connectivity index (χ4v) is 2.25. The summed E-state index contributed by atoms with van der Waals surface area (Å²) in [7, 11) is 0. The Labute approximate surface area is 96.3 Å². The van der Waals surface area contributed by atoms with Gasteiger partial charge in [0.25, 0.3) is 0 Å². The van der Waals surface area contributed by atoms with Gasteiger partial charge in [0.2, 0.25) is 0 Å². The first-order valence-electron chi connectivity index (χ1n) is 5.26. The molecule has 84 valence electrons. The van der Waals surface area contributed by atoms with E-state index in [2.05, 4.69) is 0 Å². The van der Waals surface area contributed by atoms with E-state index in [9.17, 15) is 4.39 Å². The Kier molecular flexibility index (Phi) is 4.12. The average molecular weight is 230 g/mol. The van der Waals surface area contributed by atoms with Crippen LogP contribution >= 0.6 is 12.4 Å². The maximum Gasteiger partial charge on any atom is 0.123 e. The summed E-state index contributed by atoms with van der Waals surface area (Å²) in [5, 5.41) is 0. The number of hydrogen-bond acceptors (Lipinski definition) is 1. The van der Waals surface area contributed by atoms with E-state index >= 15 is 0 Å². The van der Waals surface area contributed by atoms with Gasteiger partial charge >= 0.3 is 0 Å². The standard InChI is InChI=1S/C12H16FN.ClH/c13-11-6-4-10(5-7-11)12(14)8-2-1-3-9-12;/h4-7H,1-3,8-9,14H2;1H. The van der Waals surface area contributed by atoms with Crippen molar-refractivity contribution in [3.05, 3.63) is 35.6 Å². The molecule has 2 N–H and O–H groups in total. The van der Waals surface area contributed by atoms with Crippen LogP contribution in [0.4, 0.5) is 4.39 Å². The lowest BCUT2D eigenvalue weighted by Crippen LogP contribution is -2.38. The predicted octanol–water partition coefficient (Wildman–Crippen LogP) is 3.37. The number of halogens is 2. The minimum atomic E-state index is -0.202. The number of rotatable bonds is 1. The predicted molar refractivity (Wildman–Crippen MR) is 62.6 cm³/mol. The second-order valence-corrected chi connectivity index (χ2v) is 4.22. The van der Waals surface area contributed by atoms with Crippen LogP contribution < -0.4 is 5.73 Å². The molecule has 0 amide bonds. The van der Waals surface area contributed by atoms with E-state index in [1.807, 2.05) is 12.1 Å². The van der Waals surface area contributed by atoms with Gasteiger partial charge in [-0.2, -0.15) is 0 Å². The van der Waals surface area contributed by atoms with E-state index < -0.39 is 0 Å². The van der Waals surface area contributed by atoms with Gasteiger partial charge in [0.1, 0.15) is 5.82 Å². The molecule has 0 atom stereocenters. The van der Waals surface area contributed by atoms with Crippen molar-refractivity contribution in [2.75, 3.05) is 0 Å². The lowest BCUT2D eigenvalue weighted by Gasteiger charge is -2.33. The molecular formula is C12H17ClFN. The summed E-state index contributed by atoms with van der Waals surface area (Å²) in [6, 6.07) is 6.64. The maximum absolute atomic E-state index is 12.7. The van der Waals surface area contributed by atoms with E-state index in [1.54, 1.807) is 0 Å². The molecule has 0 aromatic heterocycles. The van der Waals surface area contributed by atoms with Gasteiger partial charge in [0.15, 0.2) is 0 Å². The minimum absolute atomic E-state index is 0. The van der Waals surface area contributed by atoms with Crippen LogP contribution in [0.5, 0.6) is 0 Å². The highest BCUT2D eigenvalue weighted by molar-refractivity contribution is 5.85. The fraction of sp³-hybridized carbons (Fsp3) is 0.500. The largest absolute Gasteiger partial charge is 0.321 e. The number of benzene rings is 1. The Morgan fingerprint density at radius 1 is 1.00 bits per heavy atom. The topological polar surface area (TPSA) is 26.0 Å². The lowest BCUT2D eigenvalue weighted by molar-refractivity contribution is 0.302. The zero-order valence-corrected chi connectivity index (χ0v) is 9.52. The molecule has 0 bridgehead atoms. The van der Waals surface area contributed by atoms with Gasteiger partial charge in [-0.3, -0.25) is 0 Å². The third-order valence-electron chi connectivity index (χ3n) is 3.16. The smallest absolute Gasteiger partial charge is 0.123 e. The SMILES string of the molecule is Cl.NC1(c2ccc(F)cc2)CCCCC1. The van der Waals surface area contributed by atoms with E-state index in [-0.39, 0.29) is 23.8 Å². The molecule has 1 saturated carbocycles.